The molecule has 0 saturated carbocycles. The summed E-state index contributed by atoms with van der Waals surface area (Å²) in [5.74, 6) is 1.31. The van der Waals surface area contributed by atoms with Gasteiger partial charge in [0.2, 0.25) is 15.9 Å². The standard InChI is InChI=1S/C22H30N2O6S/c1-15(2)30-19-10-8-18(9-11-19)24(31(6,26)27)14-22(25)23-16(3)17-7-12-20(28-4)21(13-17)29-5/h7-13,15-16H,14H2,1-6H3,(H,23,25). The van der Waals surface area contributed by atoms with Crippen LogP contribution in [0.3, 0.4) is 0 Å². The van der Waals surface area contributed by atoms with Gasteiger partial charge in [-0.25, -0.2) is 8.42 Å². The number of sulfonamides is 1. The Hall–Kier alpha value is -2.94. The van der Waals surface area contributed by atoms with Crippen LogP contribution in [0.25, 0.3) is 0 Å². The summed E-state index contributed by atoms with van der Waals surface area (Å²) in [7, 11) is -0.594. The number of nitrogens with zero attached hydrogens (tertiary/aromatic N) is 1. The molecule has 0 aliphatic carbocycles. The Morgan fingerprint density at radius 1 is 1.00 bits per heavy atom. The van der Waals surface area contributed by atoms with Crippen LogP contribution in [0, 0.1) is 0 Å². The fraction of sp³-hybridized carbons (Fsp3) is 0.409. The van der Waals surface area contributed by atoms with Gasteiger partial charge in [0.05, 0.1) is 38.3 Å². The molecule has 8 nitrogen and oxygen atoms in total. The molecule has 1 unspecified atom stereocenters. The first-order chi connectivity index (χ1) is 14.5. The lowest BCUT2D eigenvalue weighted by Gasteiger charge is -2.24. The quantitative estimate of drug-likeness (QED) is 0.598. The molecule has 0 bridgehead atoms. The van der Waals surface area contributed by atoms with Crippen LogP contribution in [-0.4, -0.2) is 47.4 Å². The highest BCUT2D eigenvalue weighted by atomic mass is 32.2. The zero-order valence-corrected chi connectivity index (χ0v) is 19.5. The van der Waals surface area contributed by atoms with Crippen molar-refractivity contribution in [3.8, 4) is 17.2 Å². The topological polar surface area (TPSA) is 94.2 Å². The molecule has 2 aromatic carbocycles. The largest absolute Gasteiger partial charge is 0.493 e. The molecule has 0 heterocycles. The van der Waals surface area contributed by atoms with E-state index in [-0.39, 0.29) is 18.7 Å². The van der Waals surface area contributed by atoms with E-state index in [0.29, 0.717) is 22.9 Å². The Labute approximate surface area is 184 Å². The number of nitrogens with one attached hydrogen (secondary N) is 1. The lowest BCUT2D eigenvalue weighted by molar-refractivity contribution is -0.120. The van der Waals surface area contributed by atoms with Gasteiger partial charge in [0.1, 0.15) is 12.3 Å². The third kappa shape index (κ3) is 6.78. The Morgan fingerprint density at radius 2 is 1.61 bits per heavy atom. The van der Waals surface area contributed by atoms with Crippen LogP contribution in [0.4, 0.5) is 5.69 Å². The highest BCUT2D eigenvalue weighted by Crippen LogP contribution is 2.30. The number of rotatable bonds is 10. The maximum atomic E-state index is 12.6. The highest BCUT2D eigenvalue weighted by Gasteiger charge is 2.22. The summed E-state index contributed by atoms with van der Waals surface area (Å²) in [5, 5.41) is 2.83. The number of hydrogen-bond donors (Lipinski definition) is 1. The first kappa shape index (κ1) is 24.3. The third-order valence-corrected chi connectivity index (χ3v) is 5.61. The number of hydrogen-bond acceptors (Lipinski definition) is 6. The fourth-order valence-electron chi connectivity index (χ4n) is 2.99. The molecule has 31 heavy (non-hydrogen) atoms. The molecule has 0 saturated heterocycles. The molecule has 1 amide bonds. The van der Waals surface area contributed by atoms with E-state index in [4.69, 9.17) is 14.2 Å². The van der Waals surface area contributed by atoms with Gasteiger partial charge in [-0.15, -0.1) is 0 Å². The van der Waals surface area contributed by atoms with Crippen LogP contribution in [-0.2, 0) is 14.8 Å². The second-order valence-electron chi connectivity index (χ2n) is 7.33. The molecule has 0 fully saturated rings. The maximum absolute atomic E-state index is 12.6. The molecular weight excluding hydrogens is 420 g/mol. The molecule has 0 radical (unpaired) electrons. The maximum Gasteiger partial charge on any atom is 0.241 e. The predicted octanol–water partition coefficient (Wildman–Crippen LogP) is 3.13. The number of benzene rings is 2. The summed E-state index contributed by atoms with van der Waals surface area (Å²) in [4.78, 5) is 12.6. The van der Waals surface area contributed by atoms with Gasteiger partial charge in [-0.3, -0.25) is 9.10 Å². The average molecular weight is 451 g/mol. The van der Waals surface area contributed by atoms with E-state index in [1.807, 2.05) is 26.8 Å². The van der Waals surface area contributed by atoms with E-state index in [1.54, 1.807) is 43.5 Å². The van der Waals surface area contributed by atoms with Crippen LogP contribution in [0.1, 0.15) is 32.4 Å². The predicted molar refractivity (Wildman–Crippen MR) is 120 cm³/mol. The van der Waals surface area contributed by atoms with Crippen molar-refractivity contribution >= 4 is 21.6 Å². The first-order valence-electron chi connectivity index (χ1n) is 9.81. The van der Waals surface area contributed by atoms with Crippen molar-refractivity contribution < 1.29 is 27.4 Å². The number of carbonyl (C=O) groups excluding carboxylic acids is 1. The van der Waals surface area contributed by atoms with Crippen LogP contribution in [0.5, 0.6) is 17.2 Å². The summed E-state index contributed by atoms with van der Waals surface area (Å²) in [5.41, 5.74) is 1.18. The van der Waals surface area contributed by atoms with Crippen molar-refractivity contribution in [3.05, 3.63) is 48.0 Å². The molecule has 9 heteroatoms. The number of carbonyl (C=O) groups is 1. The number of methoxy groups -OCH3 is 2. The van der Waals surface area contributed by atoms with Crippen molar-refractivity contribution in [2.45, 2.75) is 32.9 Å². The minimum Gasteiger partial charge on any atom is -0.493 e. The first-order valence-corrected chi connectivity index (χ1v) is 11.7. The lowest BCUT2D eigenvalue weighted by atomic mass is 10.1. The van der Waals surface area contributed by atoms with Gasteiger partial charge < -0.3 is 19.5 Å². The van der Waals surface area contributed by atoms with Crippen molar-refractivity contribution in [2.75, 3.05) is 31.3 Å². The molecule has 170 valence electrons. The summed E-state index contributed by atoms with van der Waals surface area (Å²) >= 11 is 0. The van der Waals surface area contributed by atoms with E-state index in [9.17, 15) is 13.2 Å². The molecule has 0 spiro atoms. The molecule has 0 aliphatic rings. The summed E-state index contributed by atoms with van der Waals surface area (Å²) in [6.45, 7) is 5.27. The van der Waals surface area contributed by atoms with E-state index >= 15 is 0 Å². The normalized spacial score (nSPS) is 12.2. The smallest absolute Gasteiger partial charge is 0.241 e. The molecule has 1 atom stereocenters. The molecule has 1 N–H and O–H groups in total. The zero-order valence-electron chi connectivity index (χ0n) is 18.7. The zero-order chi connectivity index (χ0) is 23.2. The van der Waals surface area contributed by atoms with Crippen LogP contribution >= 0.6 is 0 Å². The van der Waals surface area contributed by atoms with Gasteiger partial charge in [0.15, 0.2) is 11.5 Å². The number of anilines is 1. The van der Waals surface area contributed by atoms with Crippen LogP contribution in [0.2, 0.25) is 0 Å². The van der Waals surface area contributed by atoms with Crippen molar-refractivity contribution in [3.63, 3.8) is 0 Å². The Kier molecular flexibility index (Phi) is 8.15. The van der Waals surface area contributed by atoms with E-state index in [2.05, 4.69) is 5.32 Å². The second-order valence-corrected chi connectivity index (χ2v) is 9.24. The second kappa shape index (κ2) is 10.4. The van der Waals surface area contributed by atoms with Gasteiger partial charge in [-0.2, -0.15) is 0 Å². The van der Waals surface area contributed by atoms with Gasteiger partial charge in [-0.1, -0.05) is 6.07 Å². The SMILES string of the molecule is COc1ccc(C(C)NC(=O)CN(c2ccc(OC(C)C)cc2)S(C)(=O)=O)cc1OC. The Bertz CT molecular complexity index is 990. The monoisotopic (exact) mass is 450 g/mol. The van der Waals surface area contributed by atoms with Gasteiger partial charge in [-0.05, 0) is 62.7 Å². The van der Waals surface area contributed by atoms with Gasteiger partial charge in [0.25, 0.3) is 0 Å². The minimum atomic E-state index is -3.67. The number of amides is 1. The van der Waals surface area contributed by atoms with E-state index < -0.39 is 15.9 Å². The lowest BCUT2D eigenvalue weighted by Crippen LogP contribution is -2.41. The molecule has 2 rings (SSSR count). The van der Waals surface area contributed by atoms with Gasteiger partial charge in [0, 0.05) is 0 Å². The van der Waals surface area contributed by atoms with E-state index in [1.165, 1.54) is 7.11 Å². The summed E-state index contributed by atoms with van der Waals surface area (Å²) in [6.07, 6.45) is 1.07. The number of ether oxygens (including phenoxy) is 3. The third-order valence-electron chi connectivity index (χ3n) is 4.47. The van der Waals surface area contributed by atoms with E-state index in [0.717, 1.165) is 16.1 Å². The molecule has 0 aromatic heterocycles. The minimum absolute atomic E-state index is 0.000653. The van der Waals surface area contributed by atoms with Crippen molar-refractivity contribution in [1.82, 2.24) is 5.32 Å². The summed E-state index contributed by atoms with van der Waals surface area (Å²) < 4.78 is 41.8. The average Bonchev–Trinajstić information content (AvgIpc) is 2.71. The molecular formula is C22H30N2O6S. The Morgan fingerprint density at radius 3 is 2.13 bits per heavy atom. The van der Waals surface area contributed by atoms with Crippen molar-refractivity contribution in [2.24, 2.45) is 0 Å². The van der Waals surface area contributed by atoms with Crippen LogP contribution in [0.15, 0.2) is 42.5 Å². The Balaban J connectivity index is 2.14. The van der Waals surface area contributed by atoms with Gasteiger partial charge >= 0.3 is 0 Å². The molecule has 0 aliphatic heterocycles. The van der Waals surface area contributed by atoms with Crippen molar-refractivity contribution in [1.29, 1.82) is 0 Å². The van der Waals surface area contributed by atoms with Crippen LogP contribution < -0.4 is 23.8 Å². The fourth-order valence-corrected chi connectivity index (χ4v) is 3.84. The highest BCUT2D eigenvalue weighted by molar-refractivity contribution is 7.92. The summed E-state index contributed by atoms with van der Waals surface area (Å²) in [6, 6.07) is 11.6. The molecule has 2 aromatic rings.